The zero-order valence-electron chi connectivity index (χ0n) is 10.9. The van der Waals surface area contributed by atoms with Crippen molar-refractivity contribution in [1.29, 1.82) is 0 Å². The second-order valence-corrected chi connectivity index (χ2v) is 6.32. The molecular formula is C12H16N4OS2. The monoisotopic (exact) mass is 296 g/mol. The number of hydrogen-bond acceptors (Lipinski definition) is 4. The SMILES string of the molecule is CC(CCS(C)=O)n1c(-c2cccnc2)n[nH]c1=S. The summed E-state index contributed by atoms with van der Waals surface area (Å²) in [4.78, 5) is 4.10. The number of pyridine rings is 1. The Bertz CT molecular complexity index is 620. The Hall–Kier alpha value is -1.34. The summed E-state index contributed by atoms with van der Waals surface area (Å²) in [5.74, 6) is 1.42. The van der Waals surface area contributed by atoms with Crippen LogP contribution in [0, 0.1) is 4.77 Å². The van der Waals surface area contributed by atoms with Crippen LogP contribution in [0.1, 0.15) is 19.4 Å². The molecule has 0 saturated heterocycles. The van der Waals surface area contributed by atoms with Gasteiger partial charge in [0.25, 0.3) is 0 Å². The van der Waals surface area contributed by atoms with Gasteiger partial charge in [-0.05, 0) is 37.7 Å². The lowest BCUT2D eigenvalue weighted by Crippen LogP contribution is -2.10. The fourth-order valence-corrected chi connectivity index (χ4v) is 2.86. The van der Waals surface area contributed by atoms with Crippen LogP contribution in [0.2, 0.25) is 0 Å². The summed E-state index contributed by atoms with van der Waals surface area (Å²) in [7, 11) is -0.796. The van der Waals surface area contributed by atoms with Crippen LogP contribution >= 0.6 is 12.2 Å². The van der Waals surface area contributed by atoms with E-state index in [0.29, 0.717) is 10.5 Å². The van der Waals surface area contributed by atoms with E-state index >= 15 is 0 Å². The van der Waals surface area contributed by atoms with Gasteiger partial charge < -0.3 is 0 Å². The van der Waals surface area contributed by atoms with E-state index in [1.54, 1.807) is 18.6 Å². The Balaban J connectivity index is 2.33. The highest BCUT2D eigenvalue weighted by Gasteiger charge is 2.14. The third-order valence-corrected chi connectivity index (χ3v) is 3.99. The third-order valence-electron chi connectivity index (χ3n) is 2.89. The fourth-order valence-electron chi connectivity index (χ4n) is 1.88. The summed E-state index contributed by atoms with van der Waals surface area (Å²) >= 11 is 5.28. The van der Waals surface area contributed by atoms with Gasteiger partial charge >= 0.3 is 0 Å². The Morgan fingerprint density at radius 3 is 3.00 bits per heavy atom. The van der Waals surface area contributed by atoms with Gasteiger partial charge in [0.15, 0.2) is 10.6 Å². The molecule has 102 valence electrons. The van der Waals surface area contributed by atoms with Gasteiger partial charge in [-0.15, -0.1) is 0 Å². The van der Waals surface area contributed by atoms with Crippen molar-refractivity contribution >= 4 is 23.0 Å². The lowest BCUT2D eigenvalue weighted by Gasteiger charge is -2.14. The highest BCUT2D eigenvalue weighted by Crippen LogP contribution is 2.22. The summed E-state index contributed by atoms with van der Waals surface area (Å²) < 4.78 is 13.7. The molecule has 19 heavy (non-hydrogen) atoms. The van der Waals surface area contributed by atoms with Gasteiger partial charge in [0, 0.05) is 46.8 Å². The number of nitrogens with zero attached hydrogens (tertiary/aromatic N) is 3. The quantitative estimate of drug-likeness (QED) is 0.860. The van der Waals surface area contributed by atoms with Crippen molar-refractivity contribution in [2.45, 2.75) is 19.4 Å². The molecule has 5 nitrogen and oxygen atoms in total. The first kappa shape index (κ1) is 14.1. The average molecular weight is 296 g/mol. The molecule has 2 unspecified atom stereocenters. The molecule has 0 amide bonds. The molecule has 2 heterocycles. The molecule has 0 aliphatic heterocycles. The fraction of sp³-hybridized carbons (Fsp3) is 0.417. The average Bonchev–Trinajstić information content (AvgIpc) is 2.79. The van der Waals surface area contributed by atoms with E-state index in [1.807, 2.05) is 16.7 Å². The van der Waals surface area contributed by atoms with Crippen molar-refractivity contribution in [3.63, 3.8) is 0 Å². The van der Waals surface area contributed by atoms with Crippen molar-refractivity contribution in [3.05, 3.63) is 29.3 Å². The smallest absolute Gasteiger partial charge is 0.195 e. The topological polar surface area (TPSA) is 63.6 Å². The van der Waals surface area contributed by atoms with Crippen molar-refractivity contribution in [2.24, 2.45) is 0 Å². The Labute approximate surface area is 119 Å². The highest BCUT2D eigenvalue weighted by atomic mass is 32.2. The largest absolute Gasteiger partial charge is 0.297 e. The number of hydrogen-bond donors (Lipinski definition) is 1. The van der Waals surface area contributed by atoms with E-state index in [1.165, 1.54) is 0 Å². The van der Waals surface area contributed by atoms with Gasteiger partial charge in [-0.1, -0.05) is 0 Å². The molecule has 0 aliphatic rings. The minimum Gasteiger partial charge on any atom is -0.297 e. The van der Waals surface area contributed by atoms with Crippen molar-refractivity contribution in [3.8, 4) is 11.4 Å². The molecule has 0 spiro atoms. The van der Waals surface area contributed by atoms with E-state index in [9.17, 15) is 4.21 Å². The highest BCUT2D eigenvalue weighted by molar-refractivity contribution is 7.84. The second-order valence-electron chi connectivity index (χ2n) is 4.38. The second kappa shape index (κ2) is 6.21. The lowest BCUT2D eigenvalue weighted by atomic mass is 10.2. The molecule has 0 bridgehead atoms. The van der Waals surface area contributed by atoms with Crippen LogP contribution in [-0.4, -0.2) is 36.0 Å². The molecule has 2 aromatic rings. The van der Waals surface area contributed by atoms with Crippen LogP contribution in [-0.2, 0) is 10.8 Å². The number of rotatable bonds is 5. The van der Waals surface area contributed by atoms with Gasteiger partial charge in [-0.3, -0.25) is 18.9 Å². The number of aromatic nitrogens is 4. The zero-order valence-corrected chi connectivity index (χ0v) is 12.5. The number of H-pyrrole nitrogens is 1. The normalized spacial score (nSPS) is 14.2. The van der Waals surface area contributed by atoms with E-state index < -0.39 is 10.8 Å². The van der Waals surface area contributed by atoms with Gasteiger partial charge in [-0.25, -0.2) is 0 Å². The Morgan fingerprint density at radius 1 is 1.58 bits per heavy atom. The van der Waals surface area contributed by atoms with Gasteiger partial charge in [-0.2, -0.15) is 5.10 Å². The Morgan fingerprint density at radius 2 is 2.37 bits per heavy atom. The van der Waals surface area contributed by atoms with E-state index in [-0.39, 0.29) is 6.04 Å². The molecule has 7 heteroatoms. The molecule has 0 aromatic carbocycles. The predicted octanol–water partition coefficient (Wildman–Crippen LogP) is 2.33. The van der Waals surface area contributed by atoms with Crippen molar-refractivity contribution in [2.75, 3.05) is 12.0 Å². The molecule has 0 radical (unpaired) electrons. The van der Waals surface area contributed by atoms with Crippen molar-refractivity contribution in [1.82, 2.24) is 19.7 Å². The molecular weight excluding hydrogens is 280 g/mol. The predicted molar refractivity (Wildman–Crippen MR) is 78.9 cm³/mol. The molecule has 2 rings (SSSR count). The number of nitrogens with one attached hydrogen (secondary N) is 1. The molecule has 2 atom stereocenters. The summed E-state index contributed by atoms with van der Waals surface area (Å²) in [6.07, 6.45) is 5.98. The summed E-state index contributed by atoms with van der Waals surface area (Å²) in [5.41, 5.74) is 0.916. The number of aromatic amines is 1. The van der Waals surface area contributed by atoms with Gasteiger partial charge in [0.1, 0.15) is 0 Å². The van der Waals surface area contributed by atoms with Crippen LogP contribution in [0.3, 0.4) is 0 Å². The molecule has 0 saturated carbocycles. The zero-order chi connectivity index (χ0) is 13.8. The van der Waals surface area contributed by atoms with Crippen LogP contribution < -0.4 is 0 Å². The minimum absolute atomic E-state index is 0.144. The lowest BCUT2D eigenvalue weighted by molar-refractivity contribution is 0.529. The summed E-state index contributed by atoms with van der Waals surface area (Å²) in [5, 5.41) is 7.08. The molecule has 0 aliphatic carbocycles. The molecule has 0 fully saturated rings. The van der Waals surface area contributed by atoms with Crippen LogP contribution in [0.15, 0.2) is 24.5 Å². The third kappa shape index (κ3) is 3.36. The van der Waals surface area contributed by atoms with Crippen LogP contribution in [0.5, 0.6) is 0 Å². The van der Waals surface area contributed by atoms with Crippen molar-refractivity contribution < 1.29 is 4.21 Å². The maximum absolute atomic E-state index is 11.2. The first-order valence-corrected chi connectivity index (χ1v) is 8.10. The van der Waals surface area contributed by atoms with E-state index in [4.69, 9.17) is 12.2 Å². The molecule has 2 aromatic heterocycles. The first-order valence-electron chi connectivity index (χ1n) is 5.97. The minimum atomic E-state index is -0.796. The Kier molecular flexibility index (Phi) is 4.60. The van der Waals surface area contributed by atoms with Crippen LogP contribution in [0.4, 0.5) is 0 Å². The van der Waals surface area contributed by atoms with Gasteiger partial charge in [0.2, 0.25) is 0 Å². The standard InChI is InChI=1S/C12H16N4OS2/c1-9(5-7-19(2)17)16-11(14-15-12(16)18)10-4-3-6-13-8-10/h3-4,6,8-9H,5,7H2,1-2H3,(H,15,18). The summed E-state index contributed by atoms with van der Waals surface area (Å²) in [6, 6.07) is 3.95. The molecule has 1 N–H and O–H groups in total. The summed E-state index contributed by atoms with van der Waals surface area (Å²) in [6.45, 7) is 2.05. The van der Waals surface area contributed by atoms with E-state index in [0.717, 1.165) is 17.8 Å². The maximum atomic E-state index is 11.2. The van der Waals surface area contributed by atoms with E-state index in [2.05, 4.69) is 22.1 Å². The van der Waals surface area contributed by atoms with Crippen LogP contribution in [0.25, 0.3) is 11.4 Å². The maximum Gasteiger partial charge on any atom is 0.195 e. The first-order chi connectivity index (χ1) is 9.09. The van der Waals surface area contributed by atoms with Gasteiger partial charge in [0.05, 0.1) is 0 Å².